The molecule has 0 aromatic heterocycles. The van der Waals surface area contributed by atoms with Crippen LogP contribution in [0.4, 0.5) is 0 Å². The minimum absolute atomic E-state index is 0.341. The molecule has 3 nitrogen and oxygen atoms in total. The second-order valence-electron chi connectivity index (χ2n) is 6.22. The molecule has 3 fully saturated rings. The average Bonchev–Trinajstić information content (AvgIpc) is 2.25. The Morgan fingerprint density at radius 1 is 1.29 bits per heavy atom. The molecule has 1 N–H and O–H groups in total. The van der Waals surface area contributed by atoms with Crippen molar-refractivity contribution in [3.05, 3.63) is 12.7 Å². The summed E-state index contributed by atoms with van der Waals surface area (Å²) in [6, 6.07) is 0. The molecule has 0 aromatic rings. The van der Waals surface area contributed by atoms with Gasteiger partial charge in [0.05, 0.1) is 5.60 Å². The molecule has 0 radical (unpaired) electrons. The van der Waals surface area contributed by atoms with Crippen molar-refractivity contribution >= 4 is 5.97 Å². The third-order valence-electron chi connectivity index (χ3n) is 5.03. The monoisotopic (exact) mass is 236 g/mol. The van der Waals surface area contributed by atoms with Gasteiger partial charge in [-0.05, 0) is 50.4 Å². The lowest BCUT2D eigenvalue weighted by Crippen LogP contribution is -2.57. The smallest absolute Gasteiger partial charge is 0.330 e. The topological polar surface area (TPSA) is 46.5 Å². The highest BCUT2D eigenvalue weighted by atomic mass is 16.6. The summed E-state index contributed by atoms with van der Waals surface area (Å²) in [5.74, 6) is 0.951. The summed E-state index contributed by atoms with van der Waals surface area (Å²) in [7, 11) is 0. The number of rotatable bonds is 2. The Morgan fingerprint density at radius 2 is 2.06 bits per heavy atom. The molecule has 3 aliphatic carbocycles. The van der Waals surface area contributed by atoms with Crippen molar-refractivity contribution in [2.45, 2.75) is 56.1 Å². The number of hydrogen-bond donors (Lipinski definition) is 1. The van der Waals surface area contributed by atoms with E-state index in [1.165, 1.54) is 6.08 Å². The maximum Gasteiger partial charge on any atom is 0.330 e. The fourth-order valence-corrected chi connectivity index (χ4v) is 4.40. The summed E-state index contributed by atoms with van der Waals surface area (Å²) in [6.45, 7) is 3.46. The van der Waals surface area contributed by atoms with E-state index in [0.717, 1.165) is 44.4 Å². The first kappa shape index (κ1) is 11.3. The lowest BCUT2D eigenvalue weighted by molar-refractivity contribution is -0.202. The van der Waals surface area contributed by atoms with E-state index in [2.05, 4.69) is 6.58 Å². The normalized spacial score (nSPS) is 47.6. The van der Waals surface area contributed by atoms with Crippen molar-refractivity contribution in [3.8, 4) is 0 Å². The van der Waals surface area contributed by atoms with E-state index in [1.54, 1.807) is 0 Å². The number of ether oxygens (including phenoxy) is 1. The molecule has 3 heteroatoms. The predicted octanol–water partition coefficient (Wildman–Crippen LogP) is 2.19. The van der Waals surface area contributed by atoms with Gasteiger partial charge in [-0.15, -0.1) is 0 Å². The summed E-state index contributed by atoms with van der Waals surface area (Å²) < 4.78 is 5.60. The molecule has 3 aliphatic rings. The van der Waals surface area contributed by atoms with Crippen LogP contribution in [0, 0.1) is 11.8 Å². The zero-order valence-corrected chi connectivity index (χ0v) is 10.2. The summed E-state index contributed by atoms with van der Waals surface area (Å²) in [5.41, 5.74) is -0.985. The maximum absolute atomic E-state index is 11.5. The van der Waals surface area contributed by atoms with Crippen LogP contribution in [-0.2, 0) is 9.53 Å². The standard InChI is InChI=1S/C14H20O3/c1-2-12(15)17-14-6-4-10-3-5-13(16,9-14)7-11(10)8-14/h2,10-11,16H,1,3-9H2. The van der Waals surface area contributed by atoms with E-state index in [1.807, 2.05) is 0 Å². The van der Waals surface area contributed by atoms with Crippen LogP contribution in [0.2, 0.25) is 0 Å². The molecule has 0 aromatic carbocycles. The second kappa shape index (κ2) is 3.58. The largest absolute Gasteiger partial charge is 0.456 e. The number of hydrogen-bond acceptors (Lipinski definition) is 3. The first-order chi connectivity index (χ1) is 8.04. The number of esters is 1. The van der Waals surface area contributed by atoms with Gasteiger partial charge in [0.2, 0.25) is 0 Å². The maximum atomic E-state index is 11.5. The van der Waals surface area contributed by atoms with Gasteiger partial charge in [-0.2, -0.15) is 0 Å². The highest BCUT2D eigenvalue weighted by Gasteiger charge is 2.56. The number of fused-ring (bicyclic) bond motifs is 2. The van der Waals surface area contributed by atoms with Crippen LogP contribution >= 0.6 is 0 Å². The Hall–Kier alpha value is -0.830. The van der Waals surface area contributed by atoms with Crippen molar-refractivity contribution in [2.75, 3.05) is 0 Å². The molecule has 3 rings (SSSR count). The van der Waals surface area contributed by atoms with Gasteiger partial charge >= 0.3 is 5.97 Å². The SMILES string of the molecule is C=CC(=O)OC12CCC3CCC(O)(CC3C1)C2. The van der Waals surface area contributed by atoms with Gasteiger partial charge in [0, 0.05) is 12.5 Å². The molecule has 0 saturated heterocycles. The highest BCUT2D eigenvalue weighted by Crippen LogP contribution is 2.57. The Kier molecular flexibility index (Phi) is 2.37. The lowest BCUT2D eigenvalue weighted by Gasteiger charge is -2.57. The zero-order chi connectivity index (χ0) is 12.1. The second-order valence-corrected chi connectivity index (χ2v) is 6.22. The molecular formula is C14H20O3. The van der Waals surface area contributed by atoms with Crippen molar-refractivity contribution in [2.24, 2.45) is 11.8 Å². The highest BCUT2D eigenvalue weighted by molar-refractivity contribution is 5.81. The minimum Gasteiger partial charge on any atom is -0.456 e. The van der Waals surface area contributed by atoms with Crippen LogP contribution in [0.15, 0.2) is 12.7 Å². The Morgan fingerprint density at radius 3 is 2.82 bits per heavy atom. The van der Waals surface area contributed by atoms with Crippen LogP contribution < -0.4 is 0 Å². The van der Waals surface area contributed by atoms with Crippen LogP contribution in [0.5, 0.6) is 0 Å². The van der Waals surface area contributed by atoms with E-state index < -0.39 is 11.2 Å². The summed E-state index contributed by atoms with van der Waals surface area (Å²) in [4.78, 5) is 11.5. The third kappa shape index (κ3) is 1.81. The van der Waals surface area contributed by atoms with Crippen LogP contribution in [0.3, 0.4) is 0 Å². The number of carbonyl (C=O) groups excluding carboxylic acids is 1. The number of carbonyl (C=O) groups is 1. The molecule has 0 spiro atoms. The summed E-state index contributed by atoms with van der Waals surface area (Å²) in [5, 5.41) is 10.6. The lowest BCUT2D eigenvalue weighted by atomic mass is 9.54. The Balaban J connectivity index is 1.86. The van der Waals surface area contributed by atoms with Crippen LogP contribution in [0.1, 0.15) is 44.9 Å². The summed E-state index contributed by atoms with van der Waals surface area (Å²) in [6.07, 6.45) is 7.79. The molecule has 3 saturated carbocycles. The quantitative estimate of drug-likeness (QED) is 0.590. The van der Waals surface area contributed by atoms with Crippen LogP contribution in [-0.4, -0.2) is 22.3 Å². The van der Waals surface area contributed by atoms with Gasteiger partial charge in [-0.3, -0.25) is 0 Å². The van der Waals surface area contributed by atoms with Crippen molar-refractivity contribution in [1.29, 1.82) is 0 Å². The molecular weight excluding hydrogens is 216 g/mol. The summed E-state index contributed by atoms with van der Waals surface area (Å²) >= 11 is 0. The molecule has 4 unspecified atom stereocenters. The van der Waals surface area contributed by atoms with Crippen LogP contribution in [0.25, 0.3) is 0 Å². The van der Waals surface area contributed by atoms with E-state index in [9.17, 15) is 9.90 Å². The van der Waals surface area contributed by atoms with Crippen molar-refractivity contribution in [1.82, 2.24) is 0 Å². The molecule has 17 heavy (non-hydrogen) atoms. The molecule has 0 heterocycles. The van der Waals surface area contributed by atoms with Gasteiger partial charge in [0.15, 0.2) is 0 Å². The van der Waals surface area contributed by atoms with E-state index in [4.69, 9.17) is 4.74 Å². The zero-order valence-electron chi connectivity index (χ0n) is 10.2. The molecule has 4 atom stereocenters. The molecule has 3 bridgehead atoms. The first-order valence-corrected chi connectivity index (χ1v) is 6.62. The predicted molar refractivity (Wildman–Crippen MR) is 63.3 cm³/mol. The van der Waals surface area contributed by atoms with E-state index in [-0.39, 0.29) is 5.97 Å². The first-order valence-electron chi connectivity index (χ1n) is 6.62. The van der Waals surface area contributed by atoms with Gasteiger partial charge in [0.25, 0.3) is 0 Å². The molecule has 0 aliphatic heterocycles. The van der Waals surface area contributed by atoms with Gasteiger partial charge < -0.3 is 9.84 Å². The third-order valence-corrected chi connectivity index (χ3v) is 5.03. The average molecular weight is 236 g/mol. The van der Waals surface area contributed by atoms with Crippen molar-refractivity contribution in [3.63, 3.8) is 0 Å². The van der Waals surface area contributed by atoms with Gasteiger partial charge in [-0.25, -0.2) is 4.79 Å². The van der Waals surface area contributed by atoms with E-state index in [0.29, 0.717) is 12.3 Å². The van der Waals surface area contributed by atoms with Gasteiger partial charge in [-0.1, -0.05) is 6.58 Å². The van der Waals surface area contributed by atoms with E-state index >= 15 is 0 Å². The van der Waals surface area contributed by atoms with Gasteiger partial charge in [0.1, 0.15) is 5.60 Å². The fraction of sp³-hybridized carbons (Fsp3) is 0.786. The Labute approximate surface area is 102 Å². The molecule has 94 valence electrons. The number of aliphatic hydroxyl groups is 1. The Bertz CT molecular complexity index is 364. The molecule has 0 amide bonds. The van der Waals surface area contributed by atoms with Crippen molar-refractivity contribution < 1.29 is 14.6 Å². The minimum atomic E-state index is -0.582. The fourth-order valence-electron chi connectivity index (χ4n) is 4.40.